The van der Waals surface area contributed by atoms with E-state index in [4.69, 9.17) is 5.73 Å². The van der Waals surface area contributed by atoms with Gasteiger partial charge in [-0.05, 0) is 32.2 Å². The summed E-state index contributed by atoms with van der Waals surface area (Å²) >= 11 is 1.68. The molecule has 1 amide bonds. The monoisotopic (exact) mass is 290 g/mol. The fraction of sp³-hybridized carbons (Fsp3) is 0.615. The highest BCUT2D eigenvalue weighted by atomic mass is 35.5. The van der Waals surface area contributed by atoms with Crippen LogP contribution in [0.2, 0.25) is 0 Å². The summed E-state index contributed by atoms with van der Waals surface area (Å²) in [5.74, 6) is 0.0146. The van der Waals surface area contributed by atoms with E-state index in [1.807, 2.05) is 44.0 Å². The normalized spacial score (nSPS) is 13.9. The molecule has 18 heavy (non-hydrogen) atoms. The molecule has 0 saturated heterocycles. The molecule has 0 aliphatic heterocycles. The van der Waals surface area contributed by atoms with Crippen LogP contribution < -0.4 is 5.73 Å². The summed E-state index contributed by atoms with van der Waals surface area (Å²) in [6, 6.07) is 4.17. The molecule has 2 atom stereocenters. The topological polar surface area (TPSA) is 46.3 Å². The molecule has 5 heteroatoms. The van der Waals surface area contributed by atoms with Crippen molar-refractivity contribution in [2.45, 2.75) is 46.3 Å². The molecule has 104 valence electrons. The smallest absolute Gasteiger partial charge is 0.227 e. The van der Waals surface area contributed by atoms with Crippen LogP contribution in [0.4, 0.5) is 0 Å². The lowest BCUT2D eigenvalue weighted by Gasteiger charge is -2.30. The number of thiophene rings is 1. The van der Waals surface area contributed by atoms with Crippen molar-refractivity contribution in [1.29, 1.82) is 0 Å². The maximum atomic E-state index is 12.3. The molecule has 3 nitrogen and oxygen atoms in total. The predicted octanol–water partition coefficient (Wildman–Crippen LogP) is 2.89. The minimum atomic E-state index is -0.127. The molecular weight excluding hydrogens is 268 g/mol. The van der Waals surface area contributed by atoms with Gasteiger partial charge in [0.15, 0.2) is 0 Å². The third-order valence-corrected chi connectivity index (χ3v) is 3.85. The Kier molecular flexibility index (Phi) is 7.52. The van der Waals surface area contributed by atoms with Gasteiger partial charge in [-0.3, -0.25) is 4.79 Å². The van der Waals surface area contributed by atoms with Gasteiger partial charge < -0.3 is 10.6 Å². The highest BCUT2D eigenvalue weighted by molar-refractivity contribution is 7.09. The first-order valence-electron chi connectivity index (χ1n) is 6.02. The van der Waals surface area contributed by atoms with Crippen LogP contribution in [0.15, 0.2) is 17.5 Å². The van der Waals surface area contributed by atoms with Gasteiger partial charge >= 0.3 is 0 Å². The number of hydrogen-bond acceptors (Lipinski definition) is 3. The SMILES string of the molecule is CC(N)C(C)C(=O)N(Cc1cccs1)C(C)C.Cl. The molecule has 0 spiro atoms. The first-order chi connectivity index (χ1) is 7.93. The highest BCUT2D eigenvalue weighted by Gasteiger charge is 2.25. The van der Waals surface area contributed by atoms with E-state index in [0.717, 1.165) is 0 Å². The van der Waals surface area contributed by atoms with Crippen molar-refractivity contribution < 1.29 is 4.79 Å². The number of carbonyl (C=O) groups excluding carboxylic acids is 1. The molecule has 0 saturated carbocycles. The van der Waals surface area contributed by atoms with Crippen molar-refractivity contribution in [3.05, 3.63) is 22.4 Å². The van der Waals surface area contributed by atoms with E-state index >= 15 is 0 Å². The molecule has 1 rings (SSSR count). The molecule has 2 N–H and O–H groups in total. The van der Waals surface area contributed by atoms with Gasteiger partial charge in [0.2, 0.25) is 5.91 Å². The van der Waals surface area contributed by atoms with Crippen molar-refractivity contribution in [2.24, 2.45) is 11.7 Å². The first-order valence-corrected chi connectivity index (χ1v) is 6.90. The predicted molar refractivity (Wildman–Crippen MR) is 80.1 cm³/mol. The zero-order valence-corrected chi connectivity index (χ0v) is 13.1. The van der Waals surface area contributed by atoms with Crippen LogP contribution in [0.1, 0.15) is 32.6 Å². The van der Waals surface area contributed by atoms with Crippen LogP contribution >= 0.6 is 23.7 Å². The van der Waals surface area contributed by atoms with Crippen molar-refractivity contribution in [1.82, 2.24) is 4.90 Å². The van der Waals surface area contributed by atoms with Crippen molar-refractivity contribution >= 4 is 29.7 Å². The third-order valence-electron chi connectivity index (χ3n) is 2.99. The van der Waals surface area contributed by atoms with Crippen molar-refractivity contribution in [3.8, 4) is 0 Å². The number of hydrogen-bond donors (Lipinski definition) is 1. The fourth-order valence-electron chi connectivity index (χ4n) is 1.57. The molecule has 2 unspecified atom stereocenters. The Morgan fingerprint density at radius 3 is 2.39 bits per heavy atom. The Morgan fingerprint density at radius 1 is 1.39 bits per heavy atom. The second-order valence-corrected chi connectivity index (χ2v) is 5.82. The summed E-state index contributed by atoms with van der Waals surface area (Å²) in [6.45, 7) is 8.55. The van der Waals surface area contributed by atoms with E-state index < -0.39 is 0 Å². The number of halogens is 1. The second-order valence-electron chi connectivity index (χ2n) is 4.79. The van der Waals surface area contributed by atoms with Crippen LogP contribution in [0.25, 0.3) is 0 Å². The second kappa shape index (κ2) is 7.77. The van der Waals surface area contributed by atoms with E-state index in [1.165, 1.54) is 4.88 Å². The zero-order chi connectivity index (χ0) is 13.0. The first kappa shape index (κ1) is 17.4. The number of rotatable bonds is 5. The van der Waals surface area contributed by atoms with Crippen LogP contribution in [-0.4, -0.2) is 22.9 Å². The summed E-state index contributed by atoms with van der Waals surface area (Å²) < 4.78 is 0. The Bertz CT molecular complexity index is 352. The van der Waals surface area contributed by atoms with Crippen LogP contribution in [-0.2, 0) is 11.3 Å². The maximum absolute atomic E-state index is 12.3. The van der Waals surface area contributed by atoms with Crippen molar-refractivity contribution in [3.63, 3.8) is 0 Å². The standard InChI is InChI=1S/C13H22N2OS.ClH/c1-9(2)15(8-12-6-5-7-17-12)13(16)10(3)11(4)14;/h5-7,9-11H,8,14H2,1-4H3;1H. The average molecular weight is 291 g/mol. The third kappa shape index (κ3) is 4.59. The number of nitrogens with zero attached hydrogens (tertiary/aromatic N) is 1. The molecule has 0 aromatic carbocycles. The van der Waals surface area contributed by atoms with E-state index in [9.17, 15) is 4.79 Å². The lowest BCUT2D eigenvalue weighted by Crippen LogP contribution is -2.44. The van der Waals surface area contributed by atoms with Gasteiger partial charge in [-0.25, -0.2) is 0 Å². The zero-order valence-electron chi connectivity index (χ0n) is 11.4. The molecule has 0 bridgehead atoms. The van der Waals surface area contributed by atoms with Crippen LogP contribution in [0.3, 0.4) is 0 Å². The summed E-state index contributed by atoms with van der Waals surface area (Å²) in [5, 5.41) is 2.04. The van der Waals surface area contributed by atoms with E-state index in [2.05, 4.69) is 6.07 Å². The van der Waals surface area contributed by atoms with E-state index in [1.54, 1.807) is 11.3 Å². The fourth-order valence-corrected chi connectivity index (χ4v) is 2.27. The number of nitrogens with two attached hydrogens (primary N) is 1. The molecule has 1 aromatic heterocycles. The van der Waals surface area contributed by atoms with Gasteiger partial charge in [0.25, 0.3) is 0 Å². The minimum Gasteiger partial charge on any atom is -0.335 e. The van der Waals surface area contributed by atoms with Crippen LogP contribution in [0, 0.1) is 5.92 Å². The molecule has 1 aromatic rings. The van der Waals surface area contributed by atoms with Gasteiger partial charge in [-0.1, -0.05) is 13.0 Å². The Labute approximate surface area is 120 Å². The maximum Gasteiger partial charge on any atom is 0.227 e. The highest BCUT2D eigenvalue weighted by Crippen LogP contribution is 2.17. The summed E-state index contributed by atoms with van der Waals surface area (Å²) in [7, 11) is 0. The minimum absolute atomic E-state index is 0. The quantitative estimate of drug-likeness (QED) is 0.906. The Balaban J connectivity index is 0.00000289. The molecule has 1 heterocycles. The molecule has 0 radical (unpaired) electrons. The lowest BCUT2D eigenvalue weighted by atomic mass is 10.0. The summed E-state index contributed by atoms with van der Waals surface area (Å²) in [5.41, 5.74) is 5.80. The largest absolute Gasteiger partial charge is 0.335 e. The Morgan fingerprint density at radius 2 is 2.00 bits per heavy atom. The summed E-state index contributed by atoms with van der Waals surface area (Å²) in [6.07, 6.45) is 0. The number of carbonyl (C=O) groups is 1. The molecule has 0 aliphatic carbocycles. The van der Waals surface area contributed by atoms with Gasteiger partial charge in [0.05, 0.1) is 12.5 Å². The van der Waals surface area contributed by atoms with Gasteiger partial charge in [0.1, 0.15) is 0 Å². The van der Waals surface area contributed by atoms with Gasteiger partial charge in [0, 0.05) is 17.0 Å². The molecular formula is C13H23ClN2OS. The summed E-state index contributed by atoms with van der Waals surface area (Å²) in [4.78, 5) is 15.4. The van der Waals surface area contributed by atoms with Crippen molar-refractivity contribution in [2.75, 3.05) is 0 Å². The Hall–Kier alpha value is -0.580. The van der Waals surface area contributed by atoms with E-state index in [-0.39, 0.29) is 36.3 Å². The molecule has 0 fully saturated rings. The number of amides is 1. The lowest BCUT2D eigenvalue weighted by molar-refractivity contribution is -0.137. The van der Waals surface area contributed by atoms with Gasteiger partial charge in [-0.15, -0.1) is 23.7 Å². The van der Waals surface area contributed by atoms with Gasteiger partial charge in [-0.2, -0.15) is 0 Å². The van der Waals surface area contributed by atoms with E-state index in [0.29, 0.717) is 6.54 Å². The molecule has 0 aliphatic rings. The van der Waals surface area contributed by atoms with Crippen LogP contribution in [0.5, 0.6) is 0 Å². The average Bonchev–Trinajstić information content (AvgIpc) is 2.76.